The van der Waals surface area contributed by atoms with Crippen molar-refractivity contribution in [2.24, 2.45) is 34.0 Å². The Bertz CT molecular complexity index is 1100. The molecule has 0 aliphatic heterocycles. The van der Waals surface area contributed by atoms with Crippen molar-refractivity contribution in [1.82, 2.24) is 0 Å². The van der Waals surface area contributed by atoms with Gasteiger partial charge in [0.2, 0.25) is 5.12 Å². The van der Waals surface area contributed by atoms with Gasteiger partial charge in [-0.2, -0.15) is 0 Å². The molecule has 5 aliphatic rings. The Morgan fingerprint density at radius 1 is 1.11 bits per heavy atom. The van der Waals surface area contributed by atoms with Crippen LogP contribution in [0, 0.1) is 34.0 Å². The van der Waals surface area contributed by atoms with Gasteiger partial charge in [-0.1, -0.05) is 13.8 Å². The summed E-state index contributed by atoms with van der Waals surface area (Å²) < 4.78 is 52.5. The first-order chi connectivity index (χ1) is 16.7. The number of aliphatic hydroxyl groups excluding tert-OH is 1. The Morgan fingerprint density at radius 2 is 1.78 bits per heavy atom. The average molecular weight is 527 g/mol. The molecular formula is C27H33F3O5S. The minimum Gasteiger partial charge on any atom is -0.508 e. The molecule has 36 heavy (non-hydrogen) atoms. The van der Waals surface area contributed by atoms with E-state index in [0.717, 1.165) is 6.08 Å². The van der Waals surface area contributed by atoms with Crippen LogP contribution in [0.25, 0.3) is 0 Å². The zero-order chi connectivity index (χ0) is 26.5. The highest BCUT2D eigenvalue weighted by atomic mass is 32.2. The smallest absolute Gasteiger partial charge is 0.312 e. The van der Waals surface area contributed by atoms with Gasteiger partial charge in [0.25, 0.3) is 0 Å². The molecule has 5 aliphatic carbocycles. The molecule has 5 rings (SSSR count). The summed E-state index contributed by atoms with van der Waals surface area (Å²) in [4.78, 5) is 39.9. The maximum atomic E-state index is 17.3. The lowest BCUT2D eigenvalue weighted by Crippen LogP contribution is -2.67. The lowest BCUT2D eigenvalue weighted by atomic mass is 9.44. The van der Waals surface area contributed by atoms with Crippen LogP contribution >= 0.6 is 11.8 Å². The summed E-state index contributed by atoms with van der Waals surface area (Å²) in [6, 6.07) is -0.984. The van der Waals surface area contributed by atoms with Crippen molar-refractivity contribution in [1.29, 1.82) is 0 Å². The fourth-order valence-corrected chi connectivity index (χ4v) is 8.81. The minimum absolute atomic E-state index is 0.0516. The molecule has 0 unspecified atom stereocenters. The molecule has 198 valence electrons. The number of alkyl halides is 3. The summed E-state index contributed by atoms with van der Waals surface area (Å²) in [5.74, 6) is -3.60. The van der Waals surface area contributed by atoms with E-state index >= 15 is 8.78 Å². The molecule has 5 nitrogen and oxygen atoms in total. The maximum absolute atomic E-state index is 17.3. The molecule has 0 aromatic carbocycles. The number of hydrogen-bond acceptors (Lipinski definition) is 6. The summed E-state index contributed by atoms with van der Waals surface area (Å²) >= 11 is 0.456. The standard InChI is InChI=1S/C27H33F3O5S/c1-14-9-16-17-12-19(29)18-10-15(31)11-20(32)25(18,4)26(17,30)8-7-24(16,3)27(14,22(34)36-13-28)35-21(33)23(2)5-6-23/h10-11,14,16-17,19,31H,5-9,12-13H2,1-4H3/t14-,16+,17+,19+,24+,25-,26-,27+/m1/s1. The summed E-state index contributed by atoms with van der Waals surface area (Å²) in [5.41, 5.74) is -7.36. The van der Waals surface area contributed by atoms with Gasteiger partial charge in [0.15, 0.2) is 11.4 Å². The molecular weight excluding hydrogens is 493 g/mol. The third kappa shape index (κ3) is 3.01. The Balaban J connectivity index is 1.60. The number of carbonyl (C=O) groups excluding carboxylic acids is 3. The van der Waals surface area contributed by atoms with Crippen LogP contribution < -0.4 is 0 Å². The molecule has 4 fully saturated rings. The Morgan fingerprint density at radius 3 is 2.39 bits per heavy atom. The number of halogens is 3. The lowest BCUT2D eigenvalue weighted by molar-refractivity contribution is -0.205. The van der Waals surface area contributed by atoms with Crippen LogP contribution in [-0.4, -0.2) is 45.4 Å². The predicted octanol–water partition coefficient (Wildman–Crippen LogP) is 5.74. The number of carbonyl (C=O) groups is 3. The summed E-state index contributed by atoms with van der Waals surface area (Å²) in [7, 11) is 0. The molecule has 8 atom stereocenters. The van der Waals surface area contributed by atoms with Crippen LogP contribution in [0.1, 0.15) is 66.2 Å². The zero-order valence-corrected chi connectivity index (χ0v) is 21.9. The van der Waals surface area contributed by atoms with Crippen molar-refractivity contribution >= 4 is 28.6 Å². The van der Waals surface area contributed by atoms with E-state index in [1.54, 1.807) is 20.8 Å². The van der Waals surface area contributed by atoms with Gasteiger partial charge in [-0.15, -0.1) is 0 Å². The van der Waals surface area contributed by atoms with Gasteiger partial charge < -0.3 is 9.84 Å². The second kappa shape index (κ2) is 7.87. The Labute approximate surface area is 213 Å². The van der Waals surface area contributed by atoms with Crippen molar-refractivity contribution in [3.05, 3.63) is 23.5 Å². The molecule has 0 aromatic rings. The molecule has 9 heteroatoms. The van der Waals surface area contributed by atoms with E-state index in [9.17, 15) is 23.9 Å². The lowest BCUT2D eigenvalue weighted by Gasteiger charge is -2.61. The molecule has 0 spiro atoms. The van der Waals surface area contributed by atoms with Crippen LogP contribution in [0.2, 0.25) is 0 Å². The van der Waals surface area contributed by atoms with Gasteiger partial charge >= 0.3 is 5.97 Å². The summed E-state index contributed by atoms with van der Waals surface area (Å²) in [6.07, 6.45) is 1.77. The quantitative estimate of drug-likeness (QED) is 0.471. The van der Waals surface area contributed by atoms with Gasteiger partial charge in [-0.25, -0.2) is 13.2 Å². The molecule has 1 N–H and O–H groups in total. The normalized spacial score (nSPS) is 46.6. The average Bonchev–Trinajstić information content (AvgIpc) is 3.51. The fourth-order valence-electron chi connectivity index (χ4n) is 8.02. The number of aliphatic hydroxyl groups is 1. The first-order valence-corrected chi connectivity index (χ1v) is 13.7. The predicted molar refractivity (Wildman–Crippen MR) is 128 cm³/mol. The maximum Gasteiger partial charge on any atom is 0.312 e. The van der Waals surface area contributed by atoms with E-state index in [4.69, 9.17) is 4.74 Å². The molecule has 4 saturated carbocycles. The van der Waals surface area contributed by atoms with E-state index in [2.05, 4.69) is 0 Å². The first kappa shape index (κ1) is 25.9. The zero-order valence-electron chi connectivity index (χ0n) is 21.0. The van der Waals surface area contributed by atoms with Crippen LogP contribution in [0.5, 0.6) is 0 Å². The van der Waals surface area contributed by atoms with Crippen LogP contribution in [0.4, 0.5) is 13.2 Å². The summed E-state index contributed by atoms with van der Waals surface area (Å²) in [6.45, 7) is 6.73. The van der Waals surface area contributed by atoms with Crippen molar-refractivity contribution < 1.29 is 37.4 Å². The molecule has 0 heterocycles. The Kier molecular flexibility index (Phi) is 5.65. The second-order valence-electron chi connectivity index (χ2n) is 12.2. The highest BCUT2D eigenvalue weighted by Gasteiger charge is 2.77. The Hall–Kier alpha value is -1.77. The van der Waals surface area contributed by atoms with Crippen LogP contribution in [-0.2, 0) is 19.1 Å². The topological polar surface area (TPSA) is 80.7 Å². The monoisotopic (exact) mass is 526 g/mol. The minimum atomic E-state index is -2.11. The molecule has 0 bridgehead atoms. The molecule has 0 aromatic heterocycles. The van der Waals surface area contributed by atoms with E-state index in [1.165, 1.54) is 13.0 Å². The SMILES string of the molecule is C[C@@H]1C[C@H]2[C@@H]3C[C@H](F)C4=CC(O)=CC(=O)[C@]4(C)[C@@]3(F)CC[C@]2(C)[C@@]1(OC(=O)C1(C)CC1)C(=O)SCF. The van der Waals surface area contributed by atoms with Crippen LogP contribution in [0.15, 0.2) is 23.5 Å². The second-order valence-corrected chi connectivity index (χ2v) is 13.1. The molecule has 0 saturated heterocycles. The van der Waals surface area contributed by atoms with Crippen LogP contribution in [0.3, 0.4) is 0 Å². The number of ether oxygens (including phenoxy) is 1. The number of thioether (sulfide) groups is 1. The number of allylic oxidation sites excluding steroid dienone is 3. The van der Waals surface area contributed by atoms with Crippen molar-refractivity contribution in [2.45, 2.75) is 83.7 Å². The van der Waals surface area contributed by atoms with Gasteiger partial charge in [0.05, 0.1) is 10.8 Å². The third-order valence-corrected chi connectivity index (χ3v) is 11.2. The van der Waals surface area contributed by atoms with E-state index < -0.39 is 74.3 Å². The third-order valence-electron chi connectivity index (χ3n) is 10.6. The highest BCUT2D eigenvalue weighted by Crippen LogP contribution is 2.72. The van der Waals surface area contributed by atoms with E-state index in [-0.39, 0.29) is 37.0 Å². The number of fused-ring (bicyclic) bond motifs is 5. The first-order valence-electron chi connectivity index (χ1n) is 12.7. The number of rotatable bonds is 4. The van der Waals surface area contributed by atoms with Gasteiger partial charge in [-0.05, 0) is 81.7 Å². The molecule has 0 radical (unpaired) electrons. The number of ketones is 1. The van der Waals surface area contributed by atoms with Gasteiger partial charge in [-0.3, -0.25) is 14.4 Å². The molecule has 0 amide bonds. The largest absolute Gasteiger partial charge is 0.508 e. The van der Waals surface area contributed by atoms with Crippen molar-refractivity contribution in [3.8, 4) is 0 Å². The van der Waals surface area contributed by atoms with Crippen molar-refractivity contribution in [2.75, 3.05) is 6.01 Å². The highest BCUT2D eigenvalue weighted by molar-refractivity contribution is 8.13. The summed E-state index contributed by atoms with van der Waals surface area (Å²) in [5, 5.41) is 9.36. The van der Waals surface area contributed by atoms with E-state index in [1.807, 2.05) is 0 Å². The van der Waals surface area contributed by atoms with Gasteiger partial charge in [0, 0.05) is 23.3 Å². The number of hydrogen-bond donors (Lipinski definition) is 1. The van der Waals surface area contributed by atoms with Gasteiger partial charge in [0.1, 0.15) is 23.6 Å². The fraction of sp³-hybridized carbons (Fsp3) is 0.741. The number of esters is 1. The van der Waals surface area contributed by atoms with Crippen molar-refractivity contribution in [3.63, 3.8) is 0 Å². The van der Waals surface area contributed by atoms with E-state index in [0.29, 0.717) is 24.6 Å².